The lowest BCUT2D eigenvalue weighted by molar-refractivity contribution is 0.206. The van der Waals surface area contributed by atoms with Gasteiger partial charge in [0, 0.05) is 19.1 Å². The summed E-state index contributed by atoms with van der Waals surface area (Å²) in [5, 5.41) is 0. The summed E-state index contributed by atoms with van der Waals surface area (Å²) < 4.78 is 29.5. The van der Waals surface area contributed by atoms with E-state index in [9.17, 15) is 8.42 Å². The van der Waals surface area contributed by atoms with E-state index in [0.29, 0.717) is 13.1 Å². The minimum Gasteiger partial charge on any atom is -0.295 e. The molecule has 0 amide bonds. The number of hydrogen-bond donors (Lipinski definition) is 2. The van der Waals surface area contributed by atoms with Crippen molar-refractivity contribution in [2.75, 3.05) is 26.2 Å². The second kappa shape index (κ2) is 9.51. The number of likely N-dealkylation sites (tertiary alicyclic amines) is 1. The van der Waals surface area contributed by atoms with Crippen molar-refractivity contribution < 1.29 is 8.42 Å². The molecular formula is C18H31N3O2S. The molecule has 1 aromatic rings. The number of benzene rings is 1. The molecule has 0 radical (unpaired) electrons. The molecule has 5 nitrogen and oxygen atoms in total. The summed E-state index contributed by atoms with van der Waals surface area (Å²) in [6.07, 6.45) is 5.68. The number of nitrogens with one attached hydrogen (secondary N) is 2. The lowest BCUT2D eigenvalue weighted by Crippen LogP contribution is -2.43. The molecule has 136 valence electrons. The van der Waals surface area contributed by atoms with Gasteiger partial charge in [-0.3, -0.25) is 4.90 Å². The number of aryl methyl sites for hydroxylation is 1. The number of hydrogen-bond acceptors (Lipinski definition) is 3. The van der Waals surface area contributed by atoms with Crippen molar-refractivity contribution in [2.24, 2.45) is 0 Å². The van der Waals surface area contributed by atoms with Crippen LogP contribution < -0.4 is 9.44 Å². The second-order valence-electron chi connectivity index (χ2n) is 6.62. The van der Waals surface area contributed by atoms with Crippen LogP contribution in [0.4, 0.5) is 0 Å². The molecule has 1 aromatic carbocycles. The highest BCUT2D eigenvalue weighted by Gasteiger charge is 2.23. The molecule has 1 saturated heterocycles. The zero-order valence-corrected chi connectivity index (χ0v) is 15.7. The van der Waals surface area contributed by atoms with Crippen LogP contribution in [0.25, 0.3) is 0 Å². The highest BCUT2D eigenvalue weighted by atomic mass is 32.2. The first-order chi connectivity index (χ1) is 11.5. The molecule has 1 unspecified atom stereocenters. The van der Waals surface area contributed by atoms with E-state index in [2.05, 4.69) is 45.5 Å². The summed E-state index contributed by atoms with van der Waals surface area (Å²) in [6, 6.07) is 8.53. The van der Waals surface area contributed by atoms with Crippen LogP contribution in [0.2, 0.25) is 0 Å². The van der Waals surface area contributed by atoms with Gasteiger partial charge in [-0.25, -0.2) is 9.44 Å². The first-order valence-electron chi connectivity index (χ1n) is 9.06. The van der Waals surface area contributed by atoms with Crippen LogP contribution in [0.15, 0.2) is 24.3 Å². The molecule has 0 aromatic heterocycles. The van der Waals surface area contributed by atoms with Gasteiger partial charge in [-0.1, -0.05) is 49.6 Å². The molecule has 1 fully saturated rings. The monoisotopic (exact) mass is 353 g/mol. The third-order valence-electron chi connectivity index (χ3n) is 4.55. The molecular weight excluding hydrogens is 322 g/mol. The van der Waals surface area contributed by atoms with Crippen molar-refractivity contribution in [1.29, 1.82) is 0 Å². The molecule has 0 spiro atoms. The Hall–Kier alpha value is -0.950. The van der Waals surface area contributed by atoms with Gasteiger partial charge in [0.2, 0.25) is 0 Å². The van der Waals surface area contributed by atoms with Crippen molar-refractivity contribution >= 4 is 10.2 Å². The largest absolute Gasteiger partial charge is 0.295 e. The van der Waals surface area contributed by atoms with Gasteiger partial charge in [0.25, 0.3) is 10.2 Å². The molecule has 0 aliphatic carbocycles. The molecule has 6 heteroatoms. The van der Waals surface area contributed by atoms with E-state index in [0.717, 1.165) is 19.5 Å². The van der Waals surface area contributed by atoms with Gasteiger partial charge in [-0.2, -0.15) is 8.42 Å². The van der Waals surface area contributed by atoms with Crippen LogP contribution in [-0.4, -0.2) is 39.5 Å². The molecule has 2 N–H and O–H groups in total. The maximum absolute atomic E-state index is 12.1. The minimum absolute atomic E-state index is 0.0851. The van der Waals surface area contributed by atoms with Crippen LogP contribution in [-0.2, 0) is 10.2 Å². The molecule has 24 heavy (non-hydrogen) atoms. The van der Waals surface area contributed by atoms with Crippen molar-refractivity contribution in [3.8, 4) is 0 Å². The van der Waals surface area contributed by atoms with Crippen molar-refractivity contribution in [2.45, 2.75) is 52.0 Å². The molecule has 1 aliphatic heterocycles. The Kier molecular flexibility index (Phi) is 7.68. The Labute approximate surface area is 147 Å². The molecule has 1 heterocycles. The van der Waals surface area contributed by atoms with E-state index in [4.69, 9.17) is 0 Å². The molecule has 1 atom stereocenters. The Morgan fingerprint density at radius 3 is 2.25 bits per heavy atom. The van der Waals surface area contributed by atoms with Gasteiger partial charge in [0.15, 0.2) is 0 Å². The van der Waals surface area contributed by atoms with Crippen LogP contribution in [0.1, 0.15) is 56.2 Å². The van der Waals surface area contributed by atoms with E-state index in [1.807, 2.05) is 6.92 Å². The zero-order valence-electron chi connectivity index (χ0n) is 14.9. The number of rotatable bonds is 8. The minimum atomic E-state index is -3.43. The van der Waals surface area contributed by atoms with Gasteiger partial charge < -0.3 is 0 Å². The van der Waals surface area contributed by atoms with Gasteiger partial charge in [-0.15, -0.1) is 0 Å². The Morgan fingerprint density at radius 1 is 1.04 bits per heavy atom. The lowest BCUT2D eigenvalue weighted by Gasteiger charge is -2.31. The fraction of sp³-hybridized carbons (Fsp3) is 0.667. The van der Waals surface area contributed by atoms with Gasteiger partial charge in [0.1, 0.15) is 0 Å². The highest BCUT2D eigenvalue weighted by molar-refractivity contribution is 7.87. The quantitative estimate of drug-likeness (QED) is 0.755. The predicted molar refractivity (Wildman–Crippen MR) is 99.2 cm³/mol. The fourth-order valence-electron chi connectivity index (χ4n) is 3.13. The number of nitrogens with zero attached hydrogens (tertiary/aromatic N) is 1. The summed E-state index contributed by atoms with van der Waals surface area (Å²) in [6.45, 7) is 6.96. The molecule has 2 rings (SSSR count). The normalized spacial score (nSPS) is 18.2. The van der Waals surface area contributed by atoms with E-state index in [-0.39, 0.29) is 6.04 Å². The summed E-state index contributed by atoms with van der Waals surface area (Å²) in [7, 11) is -3.43. The Balaban J connectivity index is 2.11. The van der Waals surface area contributed by atoms with Crippen LogP contribution in [0, 0.1) is 6.92 Å². The van der Waals surface area contributed by atoms with E-state index in [1.54, 1.807) is 0 Å². The van der Waals surface area contributed by atoms with Crippen molar-refractivity contribution in [3.05, 3.63) is 35.4 Å². The van der Waals surface area contributed by atoms with Gasteiger partial charge >= 0.3 is 0 Å². The summed E-state index contributed by atoms with van der Waals surface area (Å²) >= 11 is 0. The van der Waals surface area contributed by atoms with Crippen molar-refractivity contribution in [3.63, 3.8) is 0 Å². The standard InChI is InChI=1S/C18H31N3O2S/c1-3-12-19-24(22,23)20-15-18(17-10-8-16(2)9-11-17)21-13-6-4-5-7-14-21/h8-11,18-20H,3-7,12-15H2,1-2H3. The van der Waals surface area contributed by atoms with Crippen LogP contribution >= 0.6 is 0 Å². The highest BCUT2D eigenvalue weighted by Crippen LogP contribution is 2.24. The molecule has 0 saturated carbocycles. The second-order valence-corrected chi connectivity index (χ2v) is 8.21. The van der Waals surface area contributed by atoms with Gasteiger partial charge in [-0.05, 0) is 44.8 Å². The first kappa shape index (κ1) is 19.4. The maximum Gasteiger partial charge on any atom is 0.276 e. The third kappa shape index (κ3) is 6.16. The smallest absolute Gasteiger partial charge is 0.276 e. The van der Waals surface area contributed by atoms with Gasteiger partial charge in [0.05, 0.1) is 0 Å². The van der Waals surface area contributed by atoms with Crippen molar-refractivity contribution in [1.82, 2.24) is 14.3 Å². The van der Waals surface area contributed by atoms with E-state index in [1.165, 1.54) is 36.8 Å². The average molecular weight is 354 g/mol. The Morgan fingerprint density at radius 2 is 1.67 bits per heavy atom. The molecule has 0 bridgehead atoms. The van der Waals surface area contributed by atoms with Crippen LogP contribution in [0.5, 0.6) is 0 Å². The zero-order chi connectivity index (χ0) is 17.4. The molecule has 1 aliphatic rings. The topological polar surface area (TPSA) is 61.4 Å². The Bertz CT molecular complexity index is 579. The first-order valence-corrected chi connectivity index (χ1v) is 10.5. The van der Waals surface area contributed by atoms with E-state index < -0.39 is 10.2 Å². The predicted octanol–water partition coefficient (Wildman–Crippen LogP) is 2.75. The summed E-state index contributed by atoms with van der Waals surface area (Å²) in [4.78, 5) is 2.43. The fourth-order valence-corrected chi connectivity index (χ4v) is 4.08. The third-order valence-corrected chi connectivity index (χ3v) is 5.68. The van der Waals surface area contributed by atoms with Crippen LogP contribution in [0.3, 0.4) is 0 Å². The SMILES string of the molecule is CCCNS(=O)(=O)NCC(c1ccc(C)cc1)N1CCCCCC1. The average Bonchev–Trinajstić information content (AvgIpc) is 2.84. The van der Waals surface area contributed by atoms with E-state index >= 15 is 0 Å². The summed E-state index contributed by atoms with van der Waals surface area (Å²) in [5.74, 6) is 0. The lowest BCUT2D eigenvalue weighted by atomic mass is 10.0. The summed E-state index contributed by atoms with van der Waals surface area (Å²) in [5.41, 5.74) is 2.40. The maximum atomic E-state index is 12.1.